The Morgan fingerprint density at radius 1 is 1.45 bits per heavy atom. The fourth-order valence-electron chi connectivity index (χ4n) is 1.63. The molecule has 0 bridgehead atoms. The molecular formula is C13H15ClN4OS. The lowest BCUT2D eigenvalue weighted by Gasteiger charge is -2.15. The van der Waals surface area contributed by atoms with Crippen LogP contribution in [0.3, 0.4) is 0 Å². The van der Waals surface area contributed by atoms with E-state index in [9.17, 15) is 5.11 Å². The summed E-state index contributed by atoms with van der Waals surface area (Å²) in [5.74, 6) is 0.811. The second kappa shape index (κ2) is 5.38. The fourth-order valence-corrected chi connectivity index (χ4v) is 1.99. The van der Waals surface area contributed by atoms with Crippen molar-refractivity contribution in [2.75, 3.05) is 0 Å². The molecule has 0 saturated carbocycles. The number of nitrogens with zero attached hydrogens (tertiary/aromatic N) is 3. The maximum absolute atomic E-state index is 9.75. The third kappa shape index (κ3) is 3.08. The van der Waals surface area contributed by atoms with Gasteiger partial charge in [-0.3, -0.25) is 5.10 Å². The Morgan fingerprint density at radius 3 is 2.80 bits per heavy atom. The first-order valence-corrected chi connectivity index (χ1v) is 6.78. The molecule has 0 atom stereocenters. The Hall–Kier alpha value is -1.66. The van der Waals surface area contributed by atoms with E-state index in [-0.39, 0.29) is 11.2 Å². The highest BCUT2D eigenvalue weighted by Crippen LogP contribution is 2.21. The van der Waals surface area contributed by atoms with Crippen LogP contribution in [-0.2, 0) is 5.41 Å². The summed E-state index contributed by atoms with van der Waals surface area (Å²) >= 11 is 11.1. The highest BCUT2D eigenvalue weighted by Gasteiger charge is 2.21. The summed E-state index contributed by atoms with van der Waals surface area (Å²) < 4.78 is 1.93. The lowest BCUT2D eigenvalue weighted by atomic mass is 9.96. The van der Waals surface area contributed by atoms with Crippen molar-refractivity contribution in [1.29, 1.82) is 0 Å². The standard InChI is InChI=1S/C13H15ClN4OS/c1-13(2,3)11-16-17-12(20)18(11)15-7-8-6-9(14)4-5-10(8)19/h4-7,19H,1-3H3,(H,17,20)/b15-7+. The lowest BCUT2D eigenvalue weighted by molar-refractivity contribution is 0.474. The summed E-state index contributed by atoms with van der Waals surface area (Å²) in [6.07, 6.45) is 1.50. The molecule has 0 spiro atoms. The van der Waals surface area contributed by atoms with E-state index in [0.717, 1.165) is 0 Å². The number of H-pyrrole nitrogens is 1. The molecule has 2 N–H and O–H groups in total. The molecule has 0 aliphatic carbocycles. The van der Waals surface area contributed by atoms with Crippen LogP contribution in [0.15, 0.2) is 23.3 Å². The van der Waals surface area contributed by atoms with Crippen molar-refractivity contribution in [3.63, 3.8) is 0 Å². The first-order chi connectivity index (χ1) is 9.29. The summed E-state index contributed by atoms with van der Waals surface area (Å²) in [5, 5.41) is 21.5. The minimum absolute atomic E-state index is 0.102. The van der Waals surface area contributed by atoms with Crippen molar-refractivity contribution in [2.24, 2.45) is 5.10 Å². The summed E-state index contributed by atoms with van der Waals surface area (Å²) in [5.41, 5.74) is 0.307. The Bertz CT molecular complexity index is 712. The Kier molecular flexibility index (Phi) is 3.96. The second-order valence-electron chi connectivity index (χ2n) is 5.36. The van der Waals surface area contributed by atoms with E-state index >= 15 is 0 Å². The molecule has 0 aliphatic heterocycles. The zero-order valence-corrected chi connectivity index (χ0v) is 13.0. The number of hydrogen-bond acceptors (Lipinski definition) is 4. The van der Waals surface area contributed by atoms with Crippen molar-refractivity contribution < 1.29 is 5.11 Å². The van der Waals surface area contributed by atoms with Crippen LogP contribution in [0.2, 0.25) is 5.02 Å². The summed E-state index contributed by atoms with van der Waals surface area (Å²) in [4.78, 5) is 0. The van der Waals surface area contributed by atoms with Crippen molar-refractivity contribution in [1.82, 2.24) is 14.9 Å². The molecule has 0 radical (unpaired) electrons. The van der Waals surface area contributed by atoms with E-state index in [2.05, 4.69) is 15.3 Å². The van der Waals surface area contributed by atoms with Crippen molar-refractivity contribution in [3.05, 3.63) is 39.4 Å². The molecule has 2 aromatic rings. The minimum atomic E-state index is -0.207. The van der Waals surface area contributed by atoms with E-state index in [1.165, 1.54) is 17.0 Å². The zero-order chi connectivity index (χ0) is 14.9. The van der Waals surface area contributed by atoms with Crippen molar-refractivity contribution >= 4 is 30.0 Å². The lowest BCUT2D eigenvalue weighted by Crippen LogP contribution is -2.17. The monoisotopic (exact) mass is 310 g/mol. The number of aromatic nitrogens is 3. The van der Waals surface area contributed by atoms with Gasteiger partial charge in [-0.05, 0) is 30.4 Å². The molecule has 0 saturated heterocycles. The number of aromatic amines is 1. The van der Waals surface area contributed by atoms with Gasteiger partial charge in [-0.15, -0.1) is 0 Å². The van der Waals surface area contributed by atoms with Gasteiger partial charge in [0.05, 0.1) is 6.21 Å². The highest BCUT2D eigenvalue weighted by atomic mass is 35.5. The molecule has 7 heteroatoms. The molecule has 0 unspecified atom stereocenters. The second-order valence-corrected chi connectivity index (χ2v) is 6.19. The van der Waals surface area contributed by atoms with Crippen LogP contribution in [0.25, 0.3) is 0 Å². The Morgan fingerprint density at radius 2 is 2.15 bits per heavy atom. The van der Waals surface area contributed by atoms with Gasteiger partial charge in [-0.2, -0.15) is 14.9 Å². The molecule has 2 rings (SSSR count). The first kappa shape index (κ1) is 14.7. The van der Waals surface area contributed by atoms with Crippen LogP contribution in [0.4, 0.5) is 0 Å². The normalized spacial score (nSPS) is 12.2. The number of rotatable bonds is 2. The van der Waals surface area contributed by atoms with Gasteiger partial charge >= 0.3 is 0 Å². The van der Waals surface area contributed by atoms with E-state index in [0.29, 0.717) is 21.2 Å². The van der Waals surface area contributed by atoms with Crippen LogP contribution in [0, 0.1) is 4.77 Å². The third-order valence-electron chi connectivity index (χ3n) is 2.62. The third-order valence-corrected chi connectivity index (χ3v) is 3.12. The average Bonchev–Trinajstić information content (AvgIpc) is 2.72. The van der Waals surface area contributed by atoms with E-state index in [1.54, 1.807) is 12.1 Å². The van der Waals surface area contributed by atoms with Crippen LogP contribution >= 0.6 is 23.8 Å². The highest BCUT2D eigenvalue weighted by molar-refractivity contribution is 7.71. The number of aromatic hydroxyl groups is 1. The maximum atomic E-state index is 9.75. The summed E-state index contributed by atoms with van der Waals surface area (Å²) in [6, 6.07) is 4.75. The van der Waals surface area contributed by atoms with Gasteiger partial charge in [0.15, 0.2) is 5.82 Å². The van der Waals surface area contributed by atoms with E-state index in [4.69, 9.17) is 23.8 Å². The van der Waals surface area contributed by atoms with Gasteiger partial charge in [0.25, 0.3) is 0 Å². The van der Waals surface area contributed by atoms with Gasteiger partial charge in [0, 0.05) is 16.0 Å². The molecule has 5 nitrogen and oxygen atoms in total. The molecule has 1 aromatic carbocycles. The van der Waals surface area contributed by atoms with E-state index in [1.807, 2.05) is 20.8 Å². The average molecular weight is 311 g/mol. The molecule has 1 aromatic heterocycles. The molecule has 0 amide bonds. The molecule has 20 heavy (non-hydrogen) atoms. The predicted octanol–water partition coefficient (Wildman–Crippen LogP) is 3.48. The van der Waals surface area contributed by atoms with Crippen LogP contribution in [-0.4, -0.2) is 26.2 Å². The van der Waals surface area contributed by atoms with Crippen molar-refractivity contribution in [2.45, 2.75) is 26.2 Å². The van der Waals surface area contributed by atoms with Crippen LogP contribution in [0.5, 0.6) is 5.75 Å². The summed E-state index contributed by atoms with van der Waals surface area (Å²) in [6.45, 7) is 6.04. The Balaban J connectivity index is 2.45. The van der Waals surface area contributed by atoms with Crippen molar-refractivity contribution in [3.8, 4) is 5.75 Å². The zero-order valence-electron chi connectivity index (χ0n) is 11.4. The van der Waals surface area contributed by atoms with Gasteiger partial charge in [0.1, 0.15) is 5.75 Å². The maximum Gasteiger partial charge on any atom is 0.216 e. The SMILES string of the molecule is CC(C)(C)c1n[nH]c(=S)n1/N=C/c1cc(Cl)ccc1O. The van der Waals surface area contributed by atoms with Gasteiger partial charge in [-0.1, -0.05) is 32.4 Å². The molecule has 0 fully saturated rings. The molecule has 1 heterocycles. The number of benzene rings is 1. The number of phenols is 1. The number of phenolic OH excluding ortho intramolecular Hbond substituents is 1. The van der Waals surface area contributed by atoms with Gasteiger partial charge in [0.2, 0.25) is 4.77 Å². The molecular weight excluding hydrogens is 296 g/mol. The number of hydrogen-bond donors (Lipinski definition) is 2. The van der Waals surface area contributed by atoms with Crippen LogP contribution < -0.4 is 0 Å². The number of nitrogens with one attached hydrogen (secondary N) is 1. The van der Waals surface area contributed by atoms with Gasteiger partial charge < -0.3 is 5.11 Å². The first-order valence-electron chi connectivity index (χ1n) is 6.00. The number of halogens is 1. The minimum Gasteiger partial charge on any atom is -0.507 e. The van der Waals surface area contributed by atoms with Gasteiger partial charge in [-0.25, -0.2) is 0 Å². The van der Waals surface area contributed by atoms with Crippen LogP contribution in [0.1, 0.15) is 32.2 Å². The van der Waals surface area contributed by atoms with E-state index < -0.39 is 0 Å². The predicted molar refractivity (Wildman–Crippen MR) is 82.2 cm³/mol. The largest absolute Gasteiger partial charge is 0.507 e. The fraction of sp³-hybridized carbons (Fsp3) is 0.308. The smallest absolute Gasteiger partial charge is 0.216 e. The quantitative estimate of drug-likeness (QED) is 0.659. The Labute approximate surface area is 126 Å². The summed E-state index contributed by atoms with van der Waals surface area (Å²) in [7, 11) is 0. The molecule has 0 aliphatic rings. The topological polar surface area (TPSA) is 66.2 Å². The molecule has 106 valence electrons.